The van der Waals surface area contributed by atoms with E-state index < -0.39 is 0 Å². The van der Waals surface area contributed by atoms with Gasteiger partial charge >= 0.3 is 0 Å². The zero-order valence-corrected chi connectivity index (χ0v) is 25.5. The van der Waals surface area contributed by atoms with Crippen LogP contribution in [0, 0.1) is 6.92 Å². The number of hydrogen-bond donors (Lipinski definition) is 0. The normalized spacial score (nSPS) is 12.1. The van der Waals surface area contributed by atoms with Gasteiger partial charge in [-0.2, -0.15) is 0 Å². The Morgan fingerprint density at radius 2 is 1.57 bits per heavy atom. The second-order valence-electron chi connectivity index (χ2n) is 11.4. The molecule has 0 fully saturated rings. The third-order valence-electron chi connectivity index (χ3n) is 8.34. The van der Waals surface area contributed by atoms with Crippen molar-refractivity contribution < 1.29 is 0 Å². The van der Waals surface area contributed by atoms with E-state index in [-0.39, 0.29) is 0 Å². The standard InChI is InChI=1S/C38H40N4/c1-6-8-14-26(3)31-15-9-10-16-32(31)29-21-19-28(20-22-29)25-42-35-24-30(23-27(4)37(35)40-36(42)13-7-2)38-39-33-17-11-12-18-34(33)41(38)5/h9-12,14-24H,6-8,13,25H2,1-5H3/b26-14+. The molecule has 0 saturated heterocycles. The lowest BCUT2D eigenvalue weighted by Crippen LogP contribution is -2.05. The van der Waals surface area contributed by atoms with Crippen LogP contribution < -0.4 is 0 Å². The highest BCUT2D eigenvalue weighted by Crippen LogP contribution is 2.32. The number of allylic oxidation sites excluding steroid dienone is 2. The van der Waals surface area contributed by atoms with Crippen molar-refractivity contribution in [3.63, 3.8) is 0 Å². The van der Waals surface area contributed by atoms with E-state index in [4.69, 9.17) is 9.97 Å². The van der Waals surface area contributed by atoms with Crippen LogP contribution in [0.1, 0.15) is 62.5 Å². The van der Waals surface area contributed by atoms with Crippen LogP contribution in [-0.4, -0.2) is 19.1 Å². The van der Waals surface area contributed by atoms with E-state index in [1.165, 1.54) is 38.9 Å². The number of nitrogens with zero attached hydrogens (tertiary/aromatic N) is 4. The van der Waals surface area contributed by atoms with E-state index in [1.807, 2.05) is 6.07 Å². The molecule has 2 aromatic heterocycles. The molecule has 0 radical (unpaired) electrons. The second kappa shape index (κ2) is 11.8. The van der Waals surface area contributed by atoms with Crippen molar-refractivity contribution in [1.29, 1.82) is 0 Å². The lowest BCUT2D eigenvalue weighted by molar-refractivity contribution is 0.722. The summed E-state index contributed by atoms with van der Waals surface area (Å²) in [4.78, 5) is 10.1. The summed E-state index contributed by atoms with van der Waals surface area (Å²) in [5.74, 6) is 2.13. The maximum absolute atomic E-state index is 5.15. The average Bonchev–Trinajstić information content (AvgIpc) is 3.54. The first-order valence-corrected chi connectivity index (χ1v) is 15.3. The number of para-hydroxylation sites is 2. The van der Waals surface area contributed by atoms with Crippen LogP contribution in [0.5, 0.6) is 0 Å². The van der Waals surface area contributed by atoms with E-state index in [0.717, 1.165) is 66.0 Å². The Hall–Kier alpha value is -4.44. The third kappa shape index (κ3) is 5.18. The smallest absolute Gasteiger partial charge is 0.140 e. The summed E-state index contributed by atoms with van der Waals surface area (Å²) < 4.78 is 4.61. The SMILES string of the molecule is CCC/C=C(\C)c1ccccc1-c1ccc(Cn2c(CCC)nc3c(C)cc(-c4nc5ccccc5n4C)cc32)cc1. The van der Waals surface area contributed by atoms with E-state index in [9.17, 15) is 0 Å². The predicted octanol–water partition coefficient (Wildman–Crippen LogP) is 9.77. The van der Waals surface area contributed by atoms with Crippen LogP contribution in [0.4, 0.5) is 0 Å². The third-order valence-corrected chi connectivity index (χ3v) is 8.34. The zero-order chi connectivity index (χ0) is 29.2. The highest BCUT2D eigenvalue weighted by atomic mass is 15.1. The molecule has 0 N–H and O–H groups in total. The molecular weight excluding hydrogens is 512 g/mol. The Morgan fingerprint density at radius 3 is 2.33 bits per heavy atom. The number of benzene rings is 4. The van der Waals surface area contributed by atoms with E-state index >= 15 is 0 Å². The Bertz CT molecular complexity index is 1900. The first kappa shape index (κ1) is 27.7. The molecule has 212 valence electrons. The van der Waals surface area contributed by atoms with Crippen molar-refractivity contribution in [3.8, 4) is 22.5 Å². The molecule has 0 aliphatic heterocycles. The molecule has 4 heteroatoms. The molecule has 0 unspecified atom stereocenters. The van der Waals surface area contributed by atoms with Crippen LogP contribution in [0.15, 0.2) is 91.0 Å². The molecule has 6 rings (SSSR count). The van der Waals surface area contributed by atoms with Crippen LogP contribution in [-0.2, 0) is 20.0 Å². The lowest BCUT2D eigenvalue weighted by Gasteiger charge is -2.13. The minimum Gasteiger partial charge on any atom is -0.327 e. The van der Waals surface area contributed by atoms with Crippen LogP contribution >= 0.6 is 0 Å². The van der Waals surface area contributed by atoms with Crippen LogP contribution in [0.3, 0.4) is 0 Å². The van der Waals surface area contributed by atoms with E-state index in [0.29, 0.717) is 0 Å². The molecule has 0 aliphatic carbocycles. The van der Waals surface area contributed by atoms with Gasteiger partial charge in [-0.3, -0.25) is 0 Å². The Labute approximate surface area is 249 Å². The number of unbranched alkanes of at least 4 members (excludes halogenated alkanes) is 1. The first-order chi connectivity index (χ1) is 20.5. The largest absolute Gasteiger partial charge is 0.327 e. The molecule has 0 atom stereocenters. The van der Waals surface area contributed by atoms with Crippen molar-refractivity contribution in [3.05, 3.63) is 114 Å². The van der Waals surface area contributed by atoms with Crippen LogP contribution in [0.25, 0.3) is 50.2 Å². The van der Waals surface area contributed by atoms with Crippen LogP contribution in [0.2, 0.25) is 0 Å². The molecule has 6 aromatic rings. The van der Waals surface area contributed by atoms with Gasteiger partial charge in [0.25, 0.3) is 0 Å². The number of hydrogen-bond acceptors (Lipinski definition) is 2. The summed E-state index contributed by atoms with van der Waals surface area (Å²) in [6.07, 6.45) is 6.63. The van der Waals surface area contributed by atoms with Gasteiger partial charge < -0.3 is 9.13 Å². The van der Waals surface area contributed by atoms with Crippen molar-refractivity contribution in [1.82, 2.24) is 19.1 Å². The number of rotatable bonds is 9. The highest BCUT2D eigenvalue weighted by molar-refractivity contribution is 5.87. The quantitative estimate of drug-likeness (QED) is 0.179. The molecule has 0 aliphatic rings. The van der Waals surface area contributed by atoms with Gasteiger partial charge in [-0.05, 0) is 84.3 Å². The Morgan fingerprint density at radius 1 is 0.810 bits per heavy atom. The monoisotopic (exact) mass is 552 g/mol. The summed E-state index contributed by atoms with van der Waals surface area (Å²) in [5.41, 5.74) is 13.2. The maximum Gasteiger partial charge on any atom is 0.140 e. The number of imidazole rings is 2. The molecule has 0 saturated carbocycles. The van der Waals surface area contributed by atoms with Gasteiger partial charge in [0.1, 0.15) is 11.6 Å². The Balaban J connectivity index is 1.38. The summed E-state index contributed by atoms with van der Waals surface area (Å²) in [6, 6.07) is 30.7. The van der Waals surface area contributed by atoms with Crippen molar-refractivity contribution in [2.24, 2.45) is 7.05 Å². The Kier molecular flexibility index (Phi) is 7.80. The lowest BCUT2D eigenvalue weighted by atomic mass is 9.94. The molecule has 0 spiro atoms. The average molecular weight is 553 g/mol. The van der Waals surface area contributed by atoms with Crippen molar-refractivity contribution >= 4 is 27.6 Å². The van der Waals surface area contributed by atoms with Crippen molar-refractivity contribution in [2.75, 3.05) is 0 Å². The maximum atomic E-state index is 5.15. The number of aromatic nitrogens is 4. The van der Waals surface area contributed by atoms with E-state index in [1.54, 1.807) is 0 Å². The van der Waals surface area contributed by atoms with Gasteiger partial charge in [0.2, 0.25) is 0 Å². The molecular formula is C38H40N4. The van der Waals surface area contributed by atoms with Gasteiger partial charge in [-0.25, -0.2) is 9.97 Å². The van der Waals surface area contributed by atoms with Gasteiger partial charge in [0.05, 0.1) is 22.1 Å². The molecule has 2 heterocycles. The number of fused-ring (bicyclic) bond motifs is 2. The van der Waals surface area contributed by atoms with E-state index in [2.05, 4.69) is 129 Å². The minimum atomic E-state index is 0.786. The fraction of sp³-hybridized carbons (Fsp3) is 0.263. The van der Waals surface area contributed by atoms with Gasteiger partial charge in [-0.1, -0.05) is 87.0 Å². The molecule has 4 aromatic carbocycles. The number of aryl methyl sites for hydroxylation is 3. The van der Waals surface area contributed by atoms with Gasteiger partial charge in [-0.15, -0.1) is 0 Å². The fourth-order valence-corrected chi connectivity index (χ4v) is 6.09. The molecule has 0 amide bonds. The molecule has 0 bridgehead atoms. The van der Waals surface area contributed by atoms with Gasteiger partial charge in [0.15, 0.2) is 0 Å². The minimum absolute atomic E-state index is 0.786. The summed E-state index contributed by atoms with van der Waals surface area (Å²) >= 11 is 0. The summed E-state index contributed by atoms with van der Waals surface area (Å²) in [7, 11) is 2.10. The fourth-order valence-electron chi connectivity index (χ4n) is 6.09. The zero-order valence-electron chi connectivity index (χ0n) is 25.5. The second-order valence-corrected chi connectivity index (χ2v) is 11.4. The molecule has 4 nitrogen and oxygen atoms in total. The predicted molar refractivity (Wildman–Crippen MR) is 178 cm³/mol. The summed E-state index contributed by atoms with van der Waals surface area (Å²) in [6.45, 7) is 9.64. The van der Waals surface area contributed by atoms with Gasteiger partial charge in [0, 0.05) is 25.6 Å². The van der Waals surface area contributed by atoms with Crippen molar-refractivity contribution in [2.45, 2.75) is 59.9 Å². The molecule has 42 heavy (non-hydrogen) atoms. The first-order valence-electron chi connectivity index (χ1n) is 15.3. The summed E-state index contributed by atoms with van der Waals surface area (Å²) in [5, 5.41) is 0. The topological polar surface area (TPSA) is 35.6 Å². The highest BCUT2D eigenvalue weighted by Gasteiger charge is 2.17.